The highest BCUT2D eigenvalue weighted by molar-refractivity contribution is 9.10. The van der Waals surface area contributed by atoms with Gasteiger partial charge in [0.15, 0.2) is 0 Å². The van der Waals surface area contributed by atoms with Crippen LogP contribution in [0.15, 0.2) is 22.7 Å². The van der Waals surface area contributed by atoms with Crippen molar-refractivity contribution in [3.8, 4) is 0 Å². The predicted molar refractivity (Wildman–Crippen MR) is 57.5 cm³/mol. The summed E-state index contributed by atoms with van der Waals surface area (Å²) in [6.45, 7) is 4.39. The molecule has 0 aliphatic carbocycles. The highest BCUT2D eigenvalue weighted by Gasteiger charge is 1.98. The van der Waals surface area contributed by atoms with Crippen LogP contribution < -0.4 is 0 Å². The summed E-state index contributed by atoms with van der Waals surface area (Å²) in [6, 6.07) is 6.67. The first-order valence-electron chi connectivity index (χ1n) is 4.55. The van der Waals surface area contributed by atoms with Crippen LogP contribution in [0, 0.1) is 0 Å². The van der Waals surface area contributed by atoms with Crippen LogP contribution >= 0.6 is 15.9 Å². The maximum atomic E-state index is 3.59. The van der Waals surface area contributed by atoms with Crippen LogP contribution in [0.4, 0.5) is 0 Å². The van der Waals surface area contributed by atoms with Crippen molar-refractivity contribution in [1.29, 1.82) is 0 Å². The van der Waals surface area contributed by atoms with Crippen LogP contribution in [0.3, 0.4) is 0 Å². The van der Waals surface area contributed by atoms with Crippen molar-refractivity contribution in [1.82, 2.24) is 0 Å². The molecule has 0 aliphatic rings. The molecule has 1 aromatic rings. The van der Waals surface area contributed by atoms with Crippen LogP contribution in [-0.2, 0) is 12.8 Å². The summed E-state index contributed by atoms with van der Waals surface area (Å²) in [5, 5.41) is 0. The molecule has 0 atom stereocenters. The van der Waals surface area contributed by atoms with Crippen molar-refractivity contribution in [2.75, 3.05) is 0 Å². The molecule has 0 unspecified atom stereocenters. The maximum Gasteiger partial charge on any atom is 0.0210 e. The fourth-order valence-electron chi connectivity index (χ4n) is 1.28. The first-order valence-corrected chi connectivity index (χ1v) is 5.34. The average molecular weight is 227 g/mol. The highest BCUT2D eigenvalue weighted by Crippen LogP contribution is 2.20. The van der Waals surface area contributed by atoms with E-state index in [1.807, 2.05) is 0 Å². The van der Waals surface area contributed by atoms with E-state index in [1.54, 1.807) is 0 Å². The van der Waals surface area contributed by atoms with Crippen molar-refractivity contribution in [2.24, 2.45) is 0 Å². The largest absolute Gasteiger partial charge is 0.0651 e. The minimum Gasteiger partial charge on any atom is -0.0651 e. The second kappa shape index (κ2) is 4.66. The Morgan fingerprint density at radius 3 is 2.50 bits per heavy atom. The van der Waals surface area contributed by atoms with E-state index in [-0.39, 0.29) is 0 Å². The van der Waals surface area contributed by atoms with Gasteiger partial charge in [-0.2, -0.15) is 0 Å². The molecule has 0 aromatic heterocycles. The fourth-order valence-corrected chi connectivity index (χ4v) is 1.91. The molecule has 0 fully saturated rings. The molecule has 0 heterocycles. The molecule has 66 valence electrons. The summed E-state index contributed by atoms with van der Waals surface area (Å²) in [5.74, 6) is 0. The van der Waals surface area contributed by atoms with E-state index in [0.717, 1.165) is 6.42 Å². The van der Waals surface area contributed by atoms with E-state index >= 15 is 0 Å². The Balaban J connectivity index is 2.87. The minimum atomic E-state index is 1.12. The van der Waals surface area contributed by atoms with Crippen molar-refractivity contribution < 1.29 is 0 Å². The predicted octanol–water partition coefficient (Wildman–Crippen LogP) is 3.96. The molecule has 1 rings (SSSR count). The number of halogens is 1. The number of benzene rings is 1. The lowest BCUT2D eigenvalue weighted by molar-refractivity contribution is 0.914. The van der Waals surface area contributed by atoms with Gasteiger partial charge in [-0.15, -0.1) is 0 Å². The molecule has 0 saturated carbocycles. The first kappa shape index (κ1) is 9.79. The van der Waals surface area contributed by atoms with Crippen LogP contribution in [0.1, 0.15) is 31.4 Å². The van der Waals surface area contributed by atoms with E-state index in [2.05, 4.69) is 48.0 Å². The molecule has 12 heavy (non-hydrogen) atoms. The van der Waals surface area contributed by atoms with Crippen molar-refractivity contribution >= 4 is 15.9 Å². The van der Waals surface area contributed by atoms with Gasteiger partial charge in [-0.05, 0) is 30.0 Å². The monoisotopic (exact) mass is 226 g/mol. The summed E-state index contributed by atoms with van der Waals surface area (Å²) in [5.41, 5.74) is 2.83. The lowest BCUT2D eigenvalue weighted by atomic mass is 10.1. The number of hydrogen-bond acceptors (Lipinski definition) is 0. The molecule has 0 saturated heterocycles. The lowest BCUT2D eigenvalue weighted by Crippen LogP contribution is -1.87. The van der Waals surface area contributed by atoms with Gasteiger partial charge in [0.2, 0.25) is 0 Å². The van der Waals surface area contributed by atoms with Gasteiger partial charge in [-0.1, -0.05) is 48.3 Å². The van der Waals surface area contributed by atoms with E-state index in [4.69, 9.17) is 0 Å². The Hall–Kier alpha value is -0.300. The average Bonchev–Trinajstić information content (AvgIpc) is 2.09. The molecule has 0 aliphatic heterocycles. The Morgan fingerprint density at radius 1 is 1.25 bits per heavy atom. The van der Waals surface area contributed by atoms with E-state index in [1.165, 1.54) is 28.4 Å². The van der Waals surface area contributed by atoms with Crippen LogP contribution in [-0.4, -0.2) is 0 Å². The summed E-state index contributed by atoms with van der Waals surface area (Å²) >= 11 is 3.59. The third-order valence-electron chi connectivity index (χ3n) is 2.05. The standard InChI is InChI=1S/C11H15Br/c1-3-5-10-7-6-9(4-2)8-11(10)12/h6-8H,3-5H2,1-2H3. The third kappa shape index (κ3) is 2.34. The Bertz CT molecular complexity index is 253. The minimum absolute atomic E-state index is 1.12. The molecule has 0 spiro atoms. The first-order chi connectivity index (χ1) is 5.77. The summed E-state index contributed by atoms with van der Waals surface area (Å²) in [4.78, 5) is 0. The SMILES string of the molecule is CCCc1ccc(CC)cc1Br. The smallest absolute Gasteiger partial charge is 0.0210 e. The van der Waals surface area contributed by atoms with Crippen LogP contribution in [0.5, 0.6) is 0 Å². The van der Waals surface area contributed by atoms with Gasteiger partial charge >= 0.3 is 0 Å². The van der Waals surface area contributed by atoms with Crippen molar-refractivity contribution in [3.05, 3.63) is 33.8 Å². The molecule has 0 radical (unpaired) electrons. The van der Waals surface area contributed by atoms with Crippen LogP contribution in [0.2, 0.25) is 0 Å². The molecule has 0 N–H and O–H groups in total. The quantitative estimate of drug-likeness (QED) is 0.733. The van der Waals surface area contributed by atoms with Gasteiger partial charge in [0, 0.05) is 4.47 Å². The lowest BCUT2D eigenvalue weighted by Gasteiger charge is -2.04. The van der Waals surface area contributed by atoms with Gasteiger partial charge < -0.3 is 0 Å². The van der Waals surface area contributed by atoms with E-state index in [0.29, 0.717) is 0 Å². The number of rotatable bonds is 3. The molecule has 0 bridgehead atoms. The molecule has 0 nitrogen and oxygen atoms in total. The highest BCUT2D eigenvalue weighted by atomic mass is 79.9. The normalized spacial score (nSPS) is 10.2. The summed E-state index contributed by atoms with van der Waals surface area (Å²) in [7, 11) is 0. The molecular formula is C11H15Br. The van der Waals surface area contributed by atoms with Gasteiger partial charge in [0.25, 0.3) is 0 Å². The topological polar surface area (TPSA) is 0 Å². The van der Waals surface area contributed by atoms with Gasteiger partial charge in [-0.3, -0.25) is 0 Å². The summed E-state index contributed by atoms with van der Waals surface area (Å²) in [6.07, 6.45) is 3.50. The zero-order chi connectivity index (χ0) is 8.97. The Morgan fingerprint density at radius 2 is 2.00 bits per heavy atom. The van der Waals surface area contributed by atoms with Gasteiger partial charge in [0.1, 0.15) is 0 Å². The van der Waals surface area contributed by atoms with E-state index < -0.39 is 0 Å². The second-order valence-corrected chi connectivity index (χ2v) is 3.88. The van der Waals surface area contributed by atoms with E-state index in [9.17, 15) is 0 Å². The van der Waals surface area contributed by atoms with Gasteiger partial charge in [0.05, 0.1) is 0 Å². The zero-order valence-electron chi connectivity index (χ0n) is 7.73. The molecule has 1 aromatic carbocycles. The fraction of sp³-hybridized carbons (Fsp3) is 0.455. The molecular weight excluding hydrogens is 212 g/mol. The van der Waals surface area contributed by atoms with Crippen molar-refractivity contribution in [3.63, 3.8) is 0 Å². The molecule has 0 amide bonds. The zero-order valence-corrected chi connectivity index (χ0v) is 9.32. The second-order valence-electron chi connectivity index (χ2n) is 3.03. The number of aryl methyl sites for hydroxylation is 2. The van der Waals surface area contributed by atoms with Crippen LogP contribution in [0.25, 0.3) is 0 Å². The molecule has 1 heteroatoms. The number of hydrogen-bond donors (Lipinski definition) is 0. The summed E-state index contributed by atoms with van der Waals surface area (Å²) < 4.78 is 1.27. The Kier molecular flexibility index (Phi) is 3.80. The Labute approximate surface area is 83.1 Å². The maximum absolute atomic E-state index is 3.59. The van der Waals surface area contributed by atoms with Crippen molar-refractivity contribution in [2.45, 2.75) is 33.1 Å². The third-order valence-corrected chi connectivity index (χ3v) is 2.78. The van der Waals surface area contributed by atoms with Gasteiger partial charge in [-0.25, -0.2) is 0 Å².